The van der Waals surface area contributed by atoms with Gasteiger partial charge in [0.15, 0.2) is 0 Å². The van der Waals surface area contributed by atoms with Crippen molar-refractivity contribution in [1.29, 1.82) is 5.26 Å². The predicted octanol–water partition coefficient (Wildman–Crippen LogP) is 0.995. The number of anilines is 1. The van der Waals surface area contributed by atoms with Crippen LogP contribution in [0.1, 0.15) is 31.5 Å². The van der Waals surface area contributed by atoms with E-state index in [1.807, 2.05) is 18.3 Å². The quantitative estimate of drug-likeness (QED) is 0.752. The molecule has 0 bridgehead atoms. The van der Waals surface area contributed by atoms with Crippen molar-refractivity contribution in [2.45, 2.75) is 32.0 Å². The number of hydrogen-bond acceptors (Lipinski definition) is 6. The molecule has 0 spiro atoms. The lowest BCUT2D eigenvalue weighted by Gasteiger charge is -2.42. The second kappa shape index (κ2) is 6.02. The summed E-state index contributed by atoms with van der Waals surface area (Å²) in [5.41, 5.74) is 12.4. The van der Waals surface area contributed by atoms with Gasteiger partial charge in [-0.1, -0.05) is 6.92 Å². The molecule has 0 saturated carbocycles. The van der Waals surface area contributed by atoms with Gasteiger partial charge in [0.2, 0.25) is 5.91 Å². The van der Waals surface area contributed by atoms with Crippen LogP contribution in [0.5, 0.6) is 0 Å². The number of likely N-dealkylation sites (tertiary alicyclic amines) is 1. The molecule has 1 amide bonds. The molecule has 4 rings (SSSR count). The number of nitrogens with two attached hydrogens (primary N) is 1. The predicted molar refractivity (Wildman–Crippen MR) is 93.0 cm³/mol. The minimum atomic E-state index is -0.320. The van der Waals surface area contributed by atoms with Crippen LogP contribution in [0.3, 0.4) is 0 Å². The average molecular weight is 339 g/mol. The Morgan fingerprint density at radius 3 is 3.20 bits per heavy atom. The van der Waals surface area contributed by atoms with Crippen molar-refractivity contribution in [2.24, 2.45) is 11.7 Å². The van der Waals surface area contributed by atoms with Crippen molar-refractivity contribution in [1.82, 2.24) is 20.3 Å². The molecule has 1 saturated heterocycles. The van der Waals surface area contributed by atoms with E-state index in [1.165, 1.54) is 0 Å². The third-order valence-electron chi connectivity index (χ3n) is 5.27. The molecular weight excluding hydrogens is 318 g/mol. The molecule has 8 nitrogen and oxygen atoms in total. The zero-order valence-electron chi connectivity index (χ0n) is 14.1. The second-order valence-electron chi connectivity index (χ2n) is 6.79. The van der Waals surface area contributed by atoms with Crippen LogP contribution in [0.15, 0.2) is 18.5 Å². The van der Waals surface area contributed by atoms with Crippen LogP contribution >= 0.6 is 0 Å². The molecule has 8 heteroatoms. The Labute approximate surface area is 145 Å². The van der Waals surface area contributed by atoms with Crippen molar-refractivity contribution in [3.8, 4) is 6.07 Å². The molecule has 0 radical (unpaired) electrons. The molecule has 130 valence electrons. The van der Waals surface area contributed by atoms with Gasteiger partial charge < -0.3 is 20.6 Å². The van der Waals surface area contributed by atoms with E-state index in [4.69, 9.17) is 11.0 Å². The van der Waals surface area contributed by atoms with Gasteiger partial charge in [-0.3, -0.25) is 4.79 Å². The van der Waals surface area contributed by atoms with Crippen molar-refractivity contribution < 1.29 is 4.79 Å². The number of rotatable bonds is 2. The van der Waals surface area contributed by atoms with Crippen molar-refractivity contribution >= 4 is 22.6 Å². The van der Waals surface area contributed by atoms with Gasteiger partial charge in [0.25, 0.3) is 0 Å². The lowest BCUT2D eigenvalue weighted by molar-refractivity contribution is -0.131. The van der Waals surface area contributed by atoms with Gasteiger partial charge in [0.1, 0.15) is 18.2 Å². The molecule has 2 aromatic heterocycles. The topological polar surface area (TPSA) is 114 Å². The number of carbonyl (C=O) groups is 1. The molecule has 0 aromatic carbocycles. The van der Waals surface area contributed by atoms with Crippen molar-refractivity contribution in [3.63, 3.8) is 0 Å². The number of pyridine rings is 1. The minimum Gasteiger partial charge on any atom is -0.346 e. The summed E-state index contributed by atoms with van der Waals surface area (Å²) in [5.74, 6) is 0.281. The molecule has 25 heavy (non-hydrogen) atoms. The molecule has 1 unspecified atom stereocenters. The number of nitriles is 1. The number of H-pyrrole nitrogens is 1. The van der Waals surface area contributed by atoms with Crippen LogP contribution < -0.4 is 16.2 Å². The first-order valence-corrected chi connectivity index (χ1v) is 8.52. The SMILES string of the molecule is C[C@@H]1CCN(C(=O)CC#N)C[C@@H]1N1NC(N)c2cnc3[nH]ccc3c21. The standard InChI is InChI=1S/C17H21N7O/c1-10-4-7-23(14(25)2-5-18)9-13(10)24-15-11-3-6-20-17(11)21-8-12(15)16(19)22-24/h3,6,8,10,13,16,22H,2,4,7,9,19H2,1H3,(H,20,21)/t10-,13+,16?/m1/s1. The first-order valence-electron chi connectivity index (χ1n) is 8.52. The summed E-state index contributed by atoms with van der Waals surface area (Å²) in [6.07, 6.45) is 4.17. The third kappa shape index (κ3) is 2.52. The lowest BCUT2D eigenvalue weighted by Crippen LogP contribution is -2.57. The normalized spacial score (nSPS) is 25.9. The molecule has 0 aliphatic carbocycles. The van der Waals surface area contributed by atoms with E-state index in [-0.39, 0.29) is 24.5 Å². The monoisotopic (exact) mass is 339 g/mol. The molecule has 1 fully saturated rings. The third-order valence-corrected chi connectivity index (χ3v) is 5.27. The van der Waals surface area contributed by atoms with Gasteiger partial charge in [-0.15, -0.1) is 0 Å². The molecule has 4 heterocycles. The zero-order chi connectivity index (χ0) is 17.6. The molecule has 2 aromatic rings. The van der Waals surface area contributed by atoms with Gasteiger partial charge >= 0.3 is 0 Å². The summed E-state index contributed by atoms with van der Waals surface area (Å²) in [7, 11) is 0. The largest absolute Gasteiger partial charge is 0.346 e. The maximum atomic E-state index is 12.2. The highest BCUT2D eigenvalue weighted by atomic mass is 16.2. The van der Waals surface area contributed by atoms with Gasteiger partial charge in [0, 0.05) is 36.4 Å². The minimum absolute atomic E-state index is 0.0728. The number of aromatic nitrogens is 2. The fraction of sp³-hybridized carbons (Fsp3) is 0.471. The summed E-state index contributed by atoms with van der Waals surface area (Å²) in [5, 5.41) is 11.9. The van der Waals surface area contributed by atoms with Crippen LogP contribution in [-0.4, -0.2) is 39.9 Å². The Bertz CT molecular complexity index is 854. The summed E-state index contributed by atoms with van der Waals surface area (Å²) in [6.45, 7) is 3.47. The Morgan fingerprint density at radius 1 is 1.56 bits per heavy atom. The van der Waals surface area contributed by atoms with Gasteiger partial charge in [-0.05, 0) is 18.4 Å². The summed E-state index contributed by atoms with van der Waals surface area (Å²) in [4.78, 5) is 21.5. The average Bonchev–Trinajstić information content (AvgIpc) is 3.20. The Hall–Kier alpha value is -2.63. The number of nitrogens with one attached hydrogen (secondary N) is 2. The molecular formula is C17H21N7O. The van der Waals surface area contributed by atoms with Gasteiger partial charge in [0.05, 0.1) is 17.8 Å². The van der Waals surface area contributed by atoms with E-state index in [0.717, 1.165) is 28.7 Å². The molecule has 2 aliphatic heterocycles. The van der Waals surface area contributed by atoms with E-state index >= 15 is 0 Å². The Morgan fingerprint density at radius 2 is 2.40 bits per heavy atom. The Balaban J connectivity index is 1.69. The summed E-state index contributed by atoms with van der Waals surface area (Å²) in [6, 6.07) is 4.04. The maximum Gasteiger partial charge on any atom is 0.236 e. The van der Waals surface area contributed by atoms with E-state index < -0.39 is 0 Å². The number of fused-ring (bicyclic) bond motifs is 3. The Kier molecular flexibility index (Phi) is 3.82. The first-order chi connectivity index (χ1) is 12.1. The van der Waals surface area contributed by atoms with Crippen LogP contribution in [0.25, 0.3) is 11.0 Å². The number of aromatic amines is 1. The highest BCUT2D eigenvalue weighted by molar-refractivity contribution is 5.93. The van der Waals surface area contributed by atoms with Crippen LogP contribution in [0, 0.1) is 17.2 Å². The van der Waals surface area contributed by atoms with Crippen molar-refractivity contribution in [2.75, 3.05) is 18.1 Å². The number of hydrazine groups is 1. The molecule has 3 atom stereocenters. The highest BCUT2D eigenvalue weighted by Crippen LogP contribution is 2.39. The number of piperidine rings is 1. The zero-order valence-corrected chi connectivity index (χ0v) is 14.1. The number of amides is 1. The van der Waals surface area contributed by atoms with Crippen LogP contribution in [0.2, 0.25) is 0 Å². The highest BCUT2D eigenvalue weighted by Gasteiger charge is 2.39. The van der Waals surface area contributed by atoms with E-state index in [9.17, 15) is 4.79 Å². The van der Waals surface area contributed by atoms with Crippen LogP contribution in [0.4, 0.5) is 5.69 Å². The maximum absolute atomic E-state index is 12.2. The van der Waals surface area contributed by atoms with Crippen molar-refractivity contribution in [3.05, 3.63) is 24.0 Å². The summed E-state index contributed by atoms with van der Waals surface area (Å²) >= 11 is 0. The fourth-order valence-corrected chi connectivity index (χ4v) is 3.84. The second-order valence-corrected chi connectivity index (χ2v) is 6.79. The van der Waals surface area contributed by atoms with Gasteiger partial charge in [-0.25, -0.2) is 10.4 Å². The van der Waals surface area contributed by atoms with E-state index in [1.54, 1.807) is 11.1 Å². The number of carbonyl (C=O) groups excluding carboxylic acids is 1. The van der Waals surface area contributed by atoms with Gasteiger partial charge in [-0.2, -0.15) is 5.26 Å². The van der Waals surface area contributed by atoms with E-state index in [2.05, 4.69) is 27.3 Å². The number of hydrogen-bond donors (Lipinski definition) is 3. The fourth-order valence-electron chi connectivity index (χ4n) is 3.84. The first kappa shape index (κ1) is 15.9. The lowest BCUT2D eigenvalue weighted by atomic mass is 9.92. The van der Waals surface area contributed by atoms with E-state index in [0.29, 0.717) is 19.0 Å². The number of nitrogens with zero attached hydrogens (tertiary/aromatic N) is 4. The van der Waals surface area contributed by atoms with Crippen LogP contribution in [-0.2, 0) is 4.79 Å². The molecule has 4 N–H and O–H groups in total. The smallest absolute Gasteiger partial charge is 0.236 e. The molecule has 2 aliphatic rings. The summed E-state index contributed by atoms with van der Waals surface area (Å²) < 4.78 is 0.